The van der Waals surface area contributed by atoms with E-state index in [1.54, 1.807) is 6.92 Å². The van der Waals surface area contributed by atoms with Crippen molar-refractivity contribution in [1.82, 2.24) is 4.90 Å². The molecule has 0 aromatic heterocycles. The van der Waals surface area contributed by atoms with Gasteiger partial charge in [-0.2, -0.15) is 0 Å². The summed E-state index contributed by atoms with van der Waals surface area (Å²) in [5, 5.41) is 18.1. The van der Waals surface area contributed by atoms with Gasteiger partial charge in [-0.15, -0.1) is 0 Å². The standard InChI is InChI=1S/C9H17NO3/c1-9(7-11,8(12)13)10-5-3-2-4-6-10/h11H,2-7H2,1H3,(H,12,13). The lowest BCUT2D eigenvalue weighted by atomic mass is 9.97. The average Bonchev–Trinajstić information content (AvgIpc) is 2.17. The summed E-state index contributed by atoms with van der Waals surface area (Å²) in [5.74, 6) is -0.933. The van der Waals surface area contributed by atoms with E-state index >= 15 is 0 Å². The van der Waals surface area contributed by atoms with Gasteiger partial charge in [0.2, 0.25) is 0 Å². The number of aliphatic hydroxyl groups excluding tert-OH is 1. The molecule has 0 aromatic rings. The zero-order chi connectivity index (χ0) is 9.90. The number of carboxylic acids is 1. The maximum Gasteiger partial charge on any atom is 0.326 e. The molecule has 1 saturated heterocycles. The number of aliphatic carboxylic acids is 1. The molecule has 1 aliphatic rings. The number of nitrogens with zero attached hydrogens (tertiary/aromatic N) is 1. The Labute approximate surface area is 78.2 Å². The third-order valence-corrected chi connectivity index (χ3v) is 2.82. The van der Waals surface area contributed by atoms with E-state index in [1.807, 2.05) is 4.90 Å². The summed E-state index contributed by atoms with van der Waals surface area (Å²) in [5.41, 5.74) is -1.08. The summed E-state index contributed by atoms with van der Waals surface area (Å²) in [6.45, 7) is 2.83. The van der Waals surface area contributed by atoms with E-state index in [2.05, 4.69) is 0 Å². The van der Waals surface area contributed by atoms with Crippen LogP contribution in [0.5, 0.6) is 0 Å². The third-order valence-electron chi connectivity index (χ3n) is 2.82. The normalized spacial score (nSPS) is 23.8. The molecule has 1 atom stereocenters. The molecule has 0 bridgehead atoms. The number of carbonyl (C=O) groups is 1. The van der Waals surface area contributed by atoms with E-state index < -0.39 is 11.5 Å². The quantitative estimate of drug-likeness (QED) is 0.667. The summed E-state index contributed by atoms with van der Waals surface area (Å²) in [6.07, 6.45) is 3.23. The van der Waals surface area contributed by atoms with Crippen molar-refractivity contribution < 1.29 is 15.0 Å². The molecule has 1 fully saturated rings. The Bertz CT molecular complexity index is 189. The number of hydrogen-bond acceptors (Lipinski definition) is 3. The Balaban J connectivity index is 2.68. The van der Waals surface area contributed by atoms with Gasteiger partial charge in [0.25, 0.3) is 0 Å². The molecule has 76 valence electrons. The second-order valence-corrected chi connectivity index (χ2v) is 3.78. The van der Waals surface area contributed by atoms with Crippen LogP contribution in [0.4, 0.5) is 0 Å². The zero-order valence-corrected chi connectivity index (χ0v) is 7.99. The molecule has 4 nitrogen and oxygen atoms in total. The minimum atomic E-state index is -1.08. The van der Waals surface area contributed by atoms with Gasteiger partial charge in [-0.1, -0.05) is 6.42 Å². The highest BCUT2D eigenvalue weighted by molar-refractivity contribution is 5.78. The van der Waals surface area contributed by atoms with Crippen molar-refractivity contribution in [3.05, 3.63) is 0 Å². The van der Waals surface area contributed by atoms with Crippen molar-refractivity contribution >= 4 is 5.97 Å². The van der Waals surface area contributed by atoms with Crippen molar-refractivity contribution in [2.75, 3.05) is 19.7 Å². The van der Waals surface area contributed by atoms with Crippen LogP contribution in [-0.2, 0) is 4.79 Å². The van der Waals surface area contributed by atoms with Crippen molar-refractivity contribution in [2.45, 2.75) is 31.7 Å². The van der Waals surface area contributed by atoms with E-state index in [0.717, 1.165) is 32.4 Å². The maximum atomic E-state index is 10.9. The fourth-order valence-corrected chi connectivity index (χ4v) is 1.69. The van der Waals surface area contributed by atoms with Crippen LogP contribution in [0.25, 0.3) is 0 Å². The molecule has 0 amide bonds. The molecule has 1 heterocycles. The largest absolute Gasteiger partial charge is 0.480 e. The first-order chi connectivity index (χ1) is 6.11. The van der Waals surface area contributed by atoms with Crippen LogP contribution < -0.4 is 0 Å². The van der Waals surface area contributed by atoms with Crippen LogP contribution in [0.1, 0.15) is 26.2 Å². The fourth-order valence-electron chi connectivity index (χ4n) is 1.69. The second kappa shape index (κ2) is 4.07. The molecule has 0 aliphatic carbocycles. The smallest absolute Gasteiger partial charge is 0.326 e. The monoisotopic (exact) mass is 187 g/mol. The number of rotatable bonds is 3. The summed E-state index contributed by atoms with van der Waals surface area (Å²) >= 11 is 0. The lowest BCUT2D eigenvalue weighted by molar-refractivity contribution is -0.154. The predicted molar refractivity (Wildman–Crippen MR) is 48.6 cm³/mol. The zero-order valence-electron chi connectivity index (χ0n) is 7.99. The molecule has 1 rings (SSSR count). The van der Waals surface area contributed by atoms with Crippen LogP contribution >= 0.6 is 0 Å². The summed E-state index contributed by atoms with van der Waals surface area (Å²) in [6, 6.07) is 0. The highest BCUT2D eigenvalue weighted by Gasteiger charge is 2.39. The maximum absolute atomic E-state index is 10.9. The van der Waals surface area contributed by atoms with Gasteiger partial charge in [-0.25, -0.2) is 0 Å². The van der Waals surface area contributed by atoms with Crippen LogP contribution in [0.15, 0.2) is 0 Å². The van der Waals surface area contributed by atoms with E-state index in [0.29, 0.717) is 0 Å². The number of hydrogen-bond donors (Lipinski definition) is 2. The van der Waals surface area contributed by atoms with Gasteiger partial charge < -0.3 is 10.2 Å². The Kier molecular flexibility index (Phi) is 3.27. The Morgan fingerprint density at radius 1 is 1.38 bits per heavy atom. The highest BCUT2D eigenvalue weighted by atomic mass is 16.4. The van der Waals surface area contributed by atoms with Gasteiger partial charge in [-0.05, 0) is 32.9 Å². The lowest BCUT2D eigenvalue weighted by Crippen LogP contribution is -2.56. The molecule has 0 aromatic carbocycles. The summed E-state index contributed by atoms with van der Waals surface area (Å²) in [7, 11) is 0. The van der Waals surface area contributed by atoms with Gasteiger partial charge in [0.05, 0.1) is 6.61 Å². The van der Waals surface area contributed by atoms with Crippen molar-refractivity contribution in [1.29, 1.82) is 0 Å². The Morgan fingerprint density at radius 2 is 1.92 bits per heavy atom. The SMILES string of the molecule is CC(CO)(C(=O)O)N1CCCCC1. The molecule has 0 saturated carbocycles. The van der Waals surface area contributed by atoms with Gasteiger partial charge in [0.15, 0.2) is 0 Å². The minimum Gasteiger partial charge on any atom is -0.480 e. The van der Waals surface area contributed by atoms with Crippen molar-refractivity contribution in [3.63, 3.8) is 0 Å². The first-order valence-electron chi connectivity index (χ1n) is 4.70. The second-order valence-electron chi connectivity index (χ2n) is 3.78. The first kappa shape index (κ1) is 10.5. The minimum absolute atomic E-state index is 0.317. The van der Waals surface area contributed by atoms with Gasteiger partial charge in [-0.3, -0.25) is 9.69 Å². The molecular weight excluding hydrogens is 170 g/mol. The number of likely N-dealkylation sites (tertiary alicyclic amines) is 1. The fraction of sp³-hybridized carbons (Fsp3) is 0.889. The van der Waals surface area contributed by atoms with Crippen LogP contribution in [-0.4, -0.2) is 46.3 Å². The molecule has 2 N–H and O–H groups in total. The van der Waals surface area contributed by atoms with E-state index in [-0.39, 0.29) is 6.61 Å². The summed E-state index contributed by atoms with van der Waals surface area (Å²) in [4.78, 5) is 12.8. The molecular formula is C9H17NO3. The summed E-state index contributed by atoms with van der Waals surface area (Å²) < 4.78 is 0. The Hall–Kier alpha value is -0.610. The average molecular weight is 187 g/mol. The number of carboxylic acid groups (broad SMARTS) is 1. The molecule has 13 heavy (non-hydrogen) atoms. The van der Waals surface area contributed by atoms with Crippen LogP contribution in [0.3, 0.4) is 0 Å². The lowest BCUT2D eigenvalue weighted by Gasteiger charge is -2.38. The number of aliphatic hydroxyl groups is 1. The molecule has 0 radical (unpaired) electrons. The van der Waals surface area contributed by atoms with Gasteiger partial charge in [0.1, 0.15) is 5.54 Å². The predicted octanol–water partition coefficient (Wildman–Crippen LogP) is 0.308. The van der Waals surface area contributed by atoms with Gasteiger partial charge >= 0.3 is 5.97 Å². The third kappa shape index (κ3) is 2.00. The first-order valence-corrected chi connectivity index (χ1v) is 4.70. The van der Waals surface area contributed by atoms with Crippen LogP contribution in [0, 0.1) is 0 Å². The molecule has 1 aliphatic heterocycles. The highest BCUT2D eigenvalue weighted by Crippen LogP contribution is 2.20. The van der Waals surface area contributed by atoms with E-state index in [9.17, 15) is 4.79 Å². The van der Waals surface area contributed by atoms with Crippen molar-refractivity contribution in [2.24, 2.45) is 0 Å². The molecule has 1 unspecified atom stereocenters. The topological polar surface area (TPSA) is 60.8 Å². The van der Waals surface area contributed by atoms with E-state index in [1.165, 1.54) is 0 Å². The van der Waals surface area contributed by atoms with Gasteiger partial charge in [0, 0.05) is 0 Å². The van der Waals surface area contributed by atoms with E-state index in [4.69, 9.17) is 10.2 Å². The van der Waals surface area contributed by atoms with Crippen molar-refractivity contribution in [3.8, 4) is 0 Å². The molecule has 4 heteroatoms. The number of piperidine rings is 1. The molecule has 0 spiro atoms. The van der Waals surface area contributed by atoms with Crippen LogP contribution in [0.2, 0.25) is 0 Å². The Morgan fingerprint density at radius 3 is 2.31 bits per heavy atom.